The van der Waals surface area contributed by atoms with Crippen LogP contribution in [0.1, 0.15) is 25.7 Å². The number of carbonyl (C=O) groups is 4. The van der Waals surface area contributed by atoms with Crippen molar-refractivity contribution in [3.63, 3.8) is 0 Å². The molecule has 0 rings (SSSR count). The number of carboxylic acids is 4. The zero-order valence-electron chi connectivity index (χ0n) is 13.3. The molecule has 13 nitrogen and oxygen atoms in total. The largest absolute Gasteiger partial charge is 3.00 e. The zero-order valence-corrected chi connectivity index (χ0v) is 14.4. The molecule has 25 heavy (non-hydrogen) atoms. The average Bonchev–Trinajstić information content (AvgIpc) is 2.21. The molecule has 0 heterocycles. The second kappa shape index (κ2) is 9.62. The van der Waals surface area contributed by atoms with Crippen molar-refractivity contribution in [2.45, 2.75) is 37.0 Å². The van der Waals surface area contributed by atoms with Crippen molar-refractivity contribution in [1.82, 2.24) is 6.15 Å². The van der Waals surface area contributed by atoms with Gasteiger partial charge in [0.1, 0.15) is 5.79 Å². The van der Waals surface area contributed by atoms with E-state index in [2.05, 4.69) is 0 Å². The molecule has 0 bridgehead atoms. The van der Waals surface area contributed by atoms with E-state index in [1.54, 1.807) is 0 Å². The Hall–Kier alpha value is -1.80. The van der Waals surface area contributed by atoms with E-state index in [4.69, 9.17) is 22.9 Å². The number of quaternary nitrogens is 1. The van der Waals surface area contributed by atoms with Gasteiger partial charge in [0.05, 0.1) is 0 Å². The van der Waals surface area contributed by atoms with Gasteiger partial charge < -0.3 is 68.7 Å². The molecule has 0 aliphatic carbocycles. The van der Waals surface area contributed by atoms with Crippen LogP contribution in [0, 0.1) is 5.41 Å². The molecule has 0 aromatic rings. The molecule has 0 saturated carbocycles. The van der Waals surface area contributed by atoms with Crippen molar-refractivity contribution in [1.29, 1.82) is 0 Å². The molecular weight excluding hydrogens is 386 g/mol. The summed E-state index contributed by atoms with van der Waals surface area (Å²) in [5, 5.41) is 43.8. The number of rotatable bonds is 10. The summed E-state index contributed by atoms with van der Waals surface area (Å²) in [6, 6.07) is 0. The van der Waals surface area contributed by atoms with Gasteiger partial charge in [0.2, 0.25) is 0 Å². The predicted octanol–water partition coefficient (Wildman–Crippen LogP) is -7.87. The molecule has 0 aliphatic heterocycles. The Bertz CT molecular complexity index is 489. The average molecular weight is 406 g/mol. The fraction of sp³-hybridized carbons (Fsp3) is 0.636. The Kier molecular flexibility index (Phi) is 10.8. The second-order valence-corrected chi connectivity index (χ2v) is 5.37. The third-order valence-electron chi connectivity index (χ3n) is 3.59. The molecule has 0 aliphatic rings. The van der Waals surface area contributed by atoms with Gasteiger partial charge >= 0.3 is 17.1 Å². The molecule has 12 N–H and O–H groups in total. The summed E-state index contributed by atoms with van der Waals surface area (Å²) < 4.78 is 0. The minimum Gasteiger partial charge on any atom is -0.550 e. The van der Waals surface area contributed by atoms with Gasteiger partial charge in [-0.2, -0.15) is 0 Å². The van der Waals surface area contributed by atoms with Gasteiger partial charge in [-0.15, -0.1) is 0 Å². The van der Waals surface area contributed by atoms with Crippen molar-refractivity contribution in [3.05, 3.63) is 0 Å². The Labute approximate surface area is 152 Å². The van der Waals surface area contributed by atoms with Crippen LogP contribution in [-0.2, 0) is 36.2 Å². The summed E-state index contributed by atoms with van der Waals surface area (Å²) in [6.07, 6.45) is -5.31. The third-order valence-corrected chi connectivity index (χ3v) is 3.59. The van der Waals surface area contributed by atoms with E-state index in [0.717, 1.165) is 0 Å². The molecule has 0 unspecified atom stereocenters. The Morgan fingerprint density at radius 3 is 1.04 bits per heavy atom. The van der Waals surface area contributed by atoms with Crippen molar-refractivity contribution in [2.24, 2.45) is 28.3 Å². The zero-order chi connectivity index (χ0) is 18.6. The maximum Gasteiger partial charge on any atom is 3.00 e. The number of hydrogen-bond acceptors (Lipinski definition) is 12. The molecule has 0 aromatic carbocycles. The van der Waals surface area contributed by atoms with Gasteiger partial charge in [0, 0.05) is 47.7 Å². The maximum atomic E-state index is 11.0. The van der Waals surface area contributed by atoms with Crippen molar-refractivity contribution >= 4 is 23.9 Å². The van der Waals surface area contributed by atoms with Gasteiger partial charge in [0.15, 0.2) is 0 Å². The number of hydrogen-bond donors (Lipinski definition) is 5. The number of carboxylic acid groups (broad SMARTS) is 4. The standard InChI is InChI=1S/C11H20N4O8.Fe.H3N/c12-10(3-7(20)21,4-8(22)23)9(1-5(16)17,2-6(18)19)11(13,14)15;;/h1-4,12-15H2,(H,16,17)(H,18,19)(H,20,21)(H,22,23);;1H3/q;+3;/p-3. The third kappa shape index (κ3) is 6.91. The van der Waals surface area contributed by atoms with E-state index >= 15 is 0 Å². The van der Waals surface area contributed by atoms with Crippen LogP contribution in [0.2, 0.25) is 0 Å². The van der Waals surface area contributed by atoms with Crippen LogP contribution in [0.4, 0.5) is 0 Å². The van der Waals surface area contributed by atoms with E-state index in [1.165, 1.54) is 0 Å². The molecule has 0 saturated heterocycles. The quantitative estimate of drug-likeness (QED) is 0.167. The van der Waals surface area contributed by atoms with E-state index < -0.39 is 66.3 Å². The first kappa shape index (κ1) is 28.0. The topological polar surface area (TPSA) is 301 Å². The SMILES string of the molecule is NC(N)(N)C(CC(=O)[O-])(CC(=O)[O-])C(N)(CC(=O)[O-])CC(=O)[O-].[Fe+3].[NH4+]. The summed E-state index contributed by atoms with van der Waals surface area (Å²) >= 11 is 0. The van der Waals surface area contributed by atoms with E-state index in [-0.39, 0.29) is 23.2 Å². The summed E-state index contributed by atoms with van der Waals surface area (Å²) in [4.78, 5) is 43.8. The van der Waals surface area contributed by atoms with Crippen LogP contribution >= 0.6 is 0 Å². The summed E-state index contributed by atoms with van der Waals surface area (Å²) in [5.74, 6) is -10.4. The van der Waals surface area contributed by atoms with Crippen LogP contribution in [0.25, 0.3) is 0 Å². The Morgan fingerprint density at radius 1 is 0.640 bits per heavy atom. The minimum atomic E-state index is -2.72. The normalized spacial score (nSPS) is 11.7. The fourth-order valence-corrected chi connectivity index (χ4v) is 2.56. The van der Waals surface area contributed by atoms with Gasteiger partial charge in [-0.3, -0.25) is 0 Å². The monoisotopic (exact) mass is 406 g/mol. The van der Waals surface area contributed by atoms with Crippen LogP contribution in [0.3, 0.4) is 0 Å². The van der Waals surface area contributed by atoms with E-state index in [0.29, 0.717) is 0 Å². The first-order valence-electron chi connectivity index (χ1n) is 6.12. The van der Waals surface area contributed by atoms with Crippen molar-refractivity contribution < 1.29 is 56.7 Å². The molecule has 0 atom stereocenters. The molecule has 0 spiro atoms. The van der Waals surface area contributed by atoms with Crippen LogP contribution in [0.5, 0.6) is 0 Å². The van der Waals surface area contributed by atoms with Crippen LogP contribution in [-0.4, -0.2) is 35.2 Å². The van der Waals surface area contributed by atoms with Gasteiger partial charge in [-0.1, -0.05) is 0 Å². The molecule has 0 fully saturated rings. The number of nitrogens with two attached hydrogens (primary N) is 4. The molecule has 145 valence electrons. The Morgan fingerprint density at radius 2 is 0.880 bits per heavy atom. The smallest absolute Gasteiger partial charge is 0.550 e. The molecule has 0 amide bonds. The number of carbonyl (C=O) groups excluding carboxylic acids is 4. The molecule has 1 radical (unpaired) electrons. The summed E-state index contributed by atoms with van der Waals surface area (Å²) in [7, 11) is 0. The molecule has 0 aromatic heterocycles. The number of aliphatic carboxylic acids is 4. The van der Waals surface area contributed by atoms with E-state index in [9.17, 15) is 39.6 Å². The van der Waals surface area contributed by atoms with Gasteiger partial charge in [-0.25, -0.2) is 0 Å². The Balaban J connectivity index is -0.00000242. The predicted molar refractivity (Wildman–Crippen MR) is 69.1 cm³/mol. The van der Waals surface area contributed by atoms with Crippen molar-refractivity contribution in [2.75, 3.05) is 0 Å². The van der Waals surface area contributed by atoms with Crippen LogP contribution < -0.4 is 49.5 Å². The first-order valence-corrected chi connectivity index (χ1v) is 6.12. The summed E-state index contributed by atoms with van der Waals surface area (Å²) in [6.45, 7) is 0. The molecule has 14 heteroatoms. The molecular formula is C11H20FeN5O8. The summed E-state index contributed by atoms with van der Waals surface area (Å²) in [5.41, 5.74) is 16.7. The van der Waals surface area contributed by atoms with Gasteiger partial charge in [0.25, 0.3) is 0 Å². The minimum absolute atomic E-state index is 0. The maximum absolute atomic E-state index is 11.0. The van der Waals surface area contributed by atoms with Crippen molar-refractivity contribution in [3.8, 4) is 0 Å². The fourth-order valence-electron chi connectivity index (χ4n) is 2.56. The second-order valence-electron chi connectivity index (χ2n) is 5.37. The van der Waals surface area contributed by atoms with Gasteiger partial charge in [-0.05, 0) is 12.8 Å². The van der Waals surface area contributed by atoms with E-state index in [1.807, 2.05) is 0 Å². The van der Waals surface area contributed by atoms with Crippen LogP contribution in [0.15, 0.2) is 0 Å². The first-order chi connectivity index (χ1) is 10.2.